The lowest BCUT2D eigenvalue weighted by molar-refractivity contribution is 0.670. The molecular weight excluding hydrogens is 593 g/mol. The molecule has 0 saturated carbocycles. The Morgan fingerprint density at radius 3 is 1.59 bits per heavy atom. The molecule has 9 aromatic carbocycles. The third-order valence-corrected chi connectivity index (χ3v) is 9.84. The maximum absolute atomic E-state index is 9.32. The van der Waals surface area contributed by atoms with Crippen LogP contribution in [0.3, 0.4) is 0 Å². The van der Waals surface area contributed by atoms with Gasteiger partial charge in [0, 0.05) is 16.3 Å². The molecule has 0 amide bonds. The topological polar surface area (TPSA) is 13.1 Å². The fourth-order valence-electron chi connectivity index (χ4n) is 7.59. The number of fused-ring (bicyclic) bond motifs is 6. The van der Waals surface area contributed by atoms with Crippen LogP contribution >= 0.6 is 0 Å². The SMILES string of the molecule is [2H]c1c([2H])c([2H])c2c(oc3cc4ccccc4cc32)c1-c1ccccc1-c1c2ccccc2c(-c2ccc(-c3ccccc3)cc2)c2ccccc12. The molecule has 0 unspecified atom stereocenters. The summed E-state index contributed by atoms with van der Waals surface area (Å²) >= 11 is 0. The highest BCUT2D eigenvalue weighted by atomic mass is 16.3. The summed E-state index contributed by atoms with van der Waals surface area (Å²) in [5.41, 5.74) is 9.11. The summed E-state index contributed by atoms with van der Waals surface area (Å²) in [5.74, 6) is 0. The van der Waals surface area contributed by atoms with Crippen LogP contribution in [0.1, 0.15) is 4.11 Å². The maximum atomic E-state index is 9.32. The molecule has 10 aromatic rings. The molecule has 1 heterocycles. The summed E-state index contributed by atoms with van der Waals surface area (Å²) in [7, 11) is 0. The van der Waals surface area contributed by atoms with Crippen molar-refractivity contribution in [3.05, 3.63) is 182 Å². The molecule has 0 spiro atoms. The number of furan rings is 1. The monoisotopic (exact) mass is 625 g/mol. The average Bonchev–Trinajstić information content (AvgIpc) is 3.56. The minimum atomic E-state index is -0.114. The number of rotatable bonds is 4. The Labute approximate surface area is 288 Å². The molecule has 228 valence electrons. The van der Waals surface area contributed by atoms with Crippen molar-refractivity contribution in [2.24, 2.45) is 0 Å². The number of benzene rings is 9. The Morgan fingerprint density at radius 2 is 0.898 bits per heavy atom. The third-order valence-electron chi connectivity index (χ3n) is 9.84. The number of para-hydroxylation sites is 1. The van der Waals surface area contributed by atoms with Crippen molar-refractivity contribution >= 4 is 54.3 Å². The first-order valence-corrected chi connectivity index (χ1v) is 16.6. The zero-order valence-electron chi connectivity index (χ0n) is 29.5. The fraction of sp³-hybridized carbons (Fsp3) is 0. The van der Waals surface area contributed by atoms with Gasteiger partial charge in [0.25, 0.3) is 0 Å². The minimum absolute atomic E-state index is 0.00815. The molecule has 0 aliphatic heterocycles. The lowest BCUT2D eigenvalue weighted by atomic mass is 9.83. The van der Waals surface area contributed by atoms with Crippen LogP contribution in [0.4, 0.5) is 0 Å². The van der Waals surface area contributed by atoms with Crippen molar-refractivity contribution < 1.29 is 8.53 Å². The molecule has 0 bridgehead atoms. The molecule has 0 atom stereocenters. The van der Waals surface area contributed by atoms with Crippen LogP contribution in [0.25, 0.3) is 98.8 Å². The molecule has 10 rings (SSSR count). The second kappa shape index (κ2) is 11.1. The zero-order valence-corrected chi connectivity index (χ0v) is 26.5. The Bertz CT molecular complexity index is 2980. The zero-order chi connectivity index (χ0) is 34.9. The molecular formula is C48H30O. The summed E-state index contributed by atoms with van der Waals surface area (Å²) in [6.07, 6.45) is 0. The van der Waals surface area contributed by atoms with Crippen molar-refractivity contribution in [2.75, 3.05) is 0 Å². The Morgan fingerprint density at radius 1 is 0.367 bits per heavy atom. The van der Waals surface area contributed by atoms with Crippen molar-refractivity contribution in [3.8, 4) is 44.5 Å². The van der Waals surface area contributed by atoms with E-state index in [1.54, 1.807) is 0 Å². The van der Waals surface area contributed by atoms with E-state index in [9.17, 15) is 1.37 Å². The van der Waals surface area contributed by atoms with E-state index in [-0.39, 0.29) is 18.1 Å². The standard InChI is InChI=1S/C48H30O/c1-2-13-31(14-3-1)32-25-27-33(28-26-32)46-38-19-8-10-21-40(38)47(41-22-11-9-20-39(41)46)37-18-7-6-17-36(37)42-23-12-24-43-44-29-34-15-4-5-16-35(34)30-45(44)49-48(42)43/h1-30H/i12D,23D,24D. The molecule has 1 heteroatoms. The van der Waals surface area contributed by atoms with Crippen molar-refractivity contribution in [1.29, 1.82) is 0 Å². The van der Waals surface area contributed by atoms with Crippen LogP contribution in [0.2, 0.25) is 0 Å². The molecule has 0 aliphatic rings. The van der Waals surface area contributed by atoms with Gasteiger partial charge in [-0.1, -0.05) is 170 Å². The Kier molecular flexibility index (Phi) is 5.58. The van der Waals surface area contributed by atoms with E-state index in [4.69, 9.17) is 7.16 Å². The summed E-state index contributed by atoms with van der Waals surface area (Å²) in [6, 6.07) is 56.5. The summed E-state index contributed by atoms with van der Waals surface area (Å²) in [6.45, 7) is 0. The Balaban J connectivity index is 1.26. The van der Waals surface area contributed by atoms with Gasteiger partial charge in [0.15, 0.2) is 0 Å². The predicted octanol–water partition coefficient (Wildman–Crippen LogP) is 13.7. The van der Waals surface area contributed by atoms with E-state index >= 15 is 0 Å². The highest BCUT2D eigenvalue weighted by Gasteiger charge is 2.21. The molecule has 0 fully saturated rings. The first-order chi connectivity index (χ1) is 25.6. The van der Waals surface area contributed by atoms with Crippen LogP contribution in [0, 0.1) is 0 Å². The summed E-state index contributed by atoms with van der Waals surface area (Å²) in [4.78, 5) is 0. The molecule has 0 N–H and O–H groups in total. The van der Waals surface area contributed by atoms with Crippen molar-refractivity contribution in [2.45, 2.75) is 0 Å². The van der Waals surface area contributed by atoms with Crippen LogP contribution < -0.4 is 0 Å². The highest BCUT2D eigenvalue weighted by molar-refractivity contribution is 6.23. The third kappa shape index (κ3) is 4.40. The number of hydrogen-bond donors (Lipinski definition) is 0. The second-order valence-electron chi connectivity index (χ2n) is 12.6. The second-order valence-corrected chi connectivity index (χ2v) is 12.6. The molecule has 0 radical (unpaired) electrons. The molecule has 1 nitrogen and oxygen atoms in total. The van der Waals surface area contributed by atoms with E-state index in [1.165, 1.54) is 16.7 Å². The van der Waals surface area contributed by atoms with Gasteiger partial charge in [0.1, 0.15) is 11.2 Å². The van der Waals surface area contributed by atoms with Gasteiger partial charge in [-0.3, -0.25) is 0 Å². The van der Waals surface area contributed by atoms with Crippen LogP contribution in [-0.4, -0.2) is 0 Å². The normalized spacial score (nSPS) is 12.5. The molecule has 49 heavy (non-hydrogen) atoms. The predicted molar refractivity (Wildman–Crippen MR) is 208 cm³/mol. The average molecular weight is 626 g/mol. The van der Waals surface area contributed by atoms with Gasteiger partial charge in [-0.15, -0.1) is 0 Å². The van der Waals surface area contributed by atoms with Crippen LogP contribution in [0.5, 0.6) is 0 Å². The van der Waals surface area contributed by atoms with E-state index in [2.05, 4.69) is 103 Å². The molecule has 0 aliphatic carbocycles. The van der Waals surface area contributed by atoms with Gasteiger partial charge in [0.05, 0.1) is 4.11 Å². The van der Waals surface area contributed by atoms with Gasteiger partial charge in [-0.2, -0.15) is 0 Å². The fourth-order valence-corrected chi connectivity index (χ4v) is 7.59. The largest absolute Gasteiger partial charge is 0.455 e. The van der Waals surface area contributed by atoms with Gasteiger partial charge in [-0.05, 0) is 83.4 Å². The summed E-state index contributed by atoms with van der Waals surface area (Å²) < 4.78 is 34.0. The van der Waals surface area contributed by atoms with Gasteiger partial charge in [0.2, 0.25) is 0 Å². The maximum Gasteiger partial charge on any atom is 0.143 e. The quantitative estimate of drug-likeness (QED) is 0.177. The minimum Gasteiger partial charge on any atom is -0.455 e. The van der Waals surface area contributed by atoms with Gasteiger partial charge >= 0.3 is 0 Å². The van der Waals surface area contributed by atoms with Crippen molar-refractivity contribution in [1.82, 2.24) is 0 Å². The summed E-state index contributed by atoms with van der Waals surface area (Å²) in [5, 5.41) is 7.87. The lowest BCUT2D eigenvalue weighted by Gasteiger charge is -2.20. The van der Waals surface area contributed by atoms with E-state index in [0.717, 1.165) is 60.0 Å². The highest BCUT2D eigenvalue weighted by Crippen LogP contribution is 2.47. The lowest BCUT2D eigenvalue weighted by Crippen LogP contribution is -1.93. The first-order valence-electron chi connectivity index (χ1n) is 18.1. The van der Waals surface area contributed by atoms with Crippen LogP contribution in [-0.2, 0) is 0 Å². The molecule has 0 saturated heterocycles. The van der Waals surface area contributed by atoms with E-state index < -0.39 is 0 Å². The Hall–Kier alpha value is -6.44. The first kappa shape index (κ1) is 24.7. The molecule has 1 aromatic heterocycles. The van der Waals surface area contributed by atoms with E-state index in [0.29, 0.717) is 22.1 Å². The number of hydrogen-bond acceptors (Lipinski definition) is 1. The van der Waals surface area contributed by atoms with Crippen molar-refractivity contribution in [3.63, 3.8) is 0 Å². The van der Waals surface area contributed by atoms with Gasteiger partial charge < -0.3 is 4.42 Å². The smallest absolute Gasteiger partial charge is 0.143 e. The van der Waals surface area contributed by atoms with Crippen LogP contribution in [0.15, 0.2) is 186 Å². The van der Waals surface area contributed by atoms with Gasteiger partial charge in [-0.25, -0.2) is 0 Å². The van der Waals surface area contributed by atoms with E-state index in [1.807, 2.05) is 60.7 Å².